The number of hydrogen-bond acceptors (Lipinski definition) is 3. The Bertz CT molecular complexity index is 833. The van der Waals surface area contributed by atoms with Crippen LogP contribution in [-0.4, -0.2) is 27.4 Å². The molecule has 25 heavy (non-hydrogen) atoms. The zero-order chi connectivity index (χ0) is 18.4. The second-order valence-corrected chi connectivity index (χ2v) is 7.81. The summed E-state index contributed by atoms with van der Waals surface area (Å²) in [7, 11) is -3.83. The summed E-state index contributed by atoms with van der Waals surface area (Å²) in [5, 5.41) is 2.74. The fourth-order valence-electron chi connectivity index (χ4n) is 2.37. The number of rotatable bonds is 7. The van der Waals surface area contributed by atoms with Crippen LogP contribution in [0.1, 0.15) is 24.5 Å². The molecule has 0 saturated heterocycles. The number of nitrogens with one attached hydrogen (secondary N) is 1. The first kappa shape index (κ1) is 19.0. The lowest BCUT2D eigenvalue weighted by molar-refractivity contribution is -0.119. The fourth-order valence-corrected chi connectivity index (χ4v) is 3.80. The quantitative estimate of drug-likeness (QED) is 0.825. The molecule has 2 rings (SSSR count). The van der Waals surface area contributed by atoms with Crippen LogP contribution < -0.4 is 9.62 Å². The Morgan fingerprint density at radius 1 is 1.04 bits per heavy atom. The summed E-state index contributed by atoms with van der Waals surface area (Å²) in [5.41, 5.74) is 2.52. The minimum absolute atomic E-state index is 0.163. The minimum Gasteiger partial charge on any atom is -0.355 e. The third-order valence-corrected chi connectivity index (χ3v) is 5.76. The van der Waals surface area contributed by atoms with Crippen molar-refractivity contribution in [3.05, 3.63) is 59.7 Å². The van der Waals surface area contributed by atoms with Crippen LogP contribution >= 0.6 is 0 Å². The molecule has 0 aliphatic rings. The largest absolute Gasteiger partial charge is 0.355 e. The maximum Gasteiger partial charge on any atom is 0.264 e. The van der Waals surface area contributed by atoms with Gasteiger partial charge in [0.2, 0.25) is 5.91 Å². The number of carbonyl (C=O) groups is 1. The lowest BCUT2D eigenvalue weighted by atomic mass is 10.1. The van der Waals surface area contributed by atoms with Gasteiger partial charge in [0.15, 0.2) is 0 Å². The van der Waals surface area contributed by atoms with Crippen molar-refractivity contribution in [1.29, 1.82) is 0 Å². The number of amides is 1. The number of benzene rings is 2. The van der Waals surface area contributed by atoms with Gasteiger partial charge >= 0.3 is 0 Å². The van der Waals surface area contributed by atoms with Gasteiger partial charge in [0, 0.05) is 6.54 Å². The molecular formula is C19H24N2O3S. The lowest BCUT2D eigenvalue weighted by Crippen LogP contribution is -2.41. The molecular weight excluding hydrogens is 336 g/mol. The van der Waals surface area contributed by atoms with Crippen molar-refractivity contribution < 1.29 is 13.2 Å². The highest BCUT2D eigenvalue weighted by Crippen LogP contribution is 2.25. The zero-order valence-corrected chi connectivity index (χ0v) is 15.6. The second-order valence-electron chi connectivity index (χ2n) is 5.94. The first-order valence-electron chi connectivity index (χ1n) is 8.28. The molecule has 1 N–H and O–H groups in total. The summed E-state index contributed by atoms with van der Waals surface area (Å²) >= 11 is 0. The zero-order valence-electron chi connectivity index (χ0n) is 14.8. The van der Waals surface area contributed by atoms with Crippen LogP contribution in [-0.2, 0) is 14.8 Å². The van der Waals surface area contributed by atoms with Crippen molar-refractivity contribution in [1.82, 2.24) is 5.32 Å². The topological polar surface area (TPSA) is 66.5 Å². The predicted molar refractivity (Wildman–Crippen MR) is 100 cm³/mol. The van der Waals surface area contributed by atoms with Crippen LogP contribution in [0.3, 0.4) is 0 Å². The van der Waals surface area contributed by atoms with Crippen molar-refractivity contribution in [2.75, 3.05) is 17.4 Å². The number of carbonyl (C=O) groups excluding carboxylic acids is 1. The molecule has 0 spiro atoms. The highest BCUT2D eigenvalue weighted by atomic mass is 32.2. The number of anilines is 1. The van der Waals surface area contributed by atoms with Crippen molar-refractivity contribution in [3.63, 3.8) is 0 Å². The molecule has 0 fully saturated rings. The van der Waals surface area contributed by atoms with E-state index in [-0.39, 0.29) is 17.3 Å². The number of aryl methyl sites for hydroxylation is 2. The van der Waals surface area contributed by atoms with E-state index >= 15 is 0 Å². The van der Waals surface area contributed by atoms with Crippen molar-refractivity contribution in [3.8, 4) is 0 Å². The smallest absolute Gasteiger partial charge is 0.264 e. The first-order valence-corrected chi connectivity index (χ1v) is 9.72. The second kappa shape index (κ2) is 8.16. The van der Waals surface area contributed by atoms with Gasteiger partial charge in [0.05, 0.1) is 10.6 Å². The fraction of sp³-hybridized carbons (Fsp3) is 0.316. The number of nitrogens with zero attached hydrogens (tertiary/aromatic N) is 1. The van der Waals surface area contributed by atoms with Crippen LogP contribution in [0.4, 0.5) is 5.69 Å². The van der Waals surface area contributed by atoms with Gasteiger partial charge in [0.25, 0.3) is 10.0 Å². The van der Waals surface area contributed by atoms with E-state index in [2.05, 4.69) is 5.32 Å². The number of hydrogen-bond donors (Lipinski definition) is 1. The molecule has 134 valence electrons. The third-order valence-electron chi connectivity index (χ3n) is 3.97. The molecule has 2 aromatic carbocycles. The van der Waals surface area contributed by atoms with Gasteiger partial charge in [-0.25, -0.2) is 8.42 Å². The van der Waals surface area contributed by atoms with E-state index in [1.165, 1.54) is 16.4 Å². The van der Waals surface area contributed by atoms with Crippen LogP contribution in [0.15, 0.2) is 53.4 Å². The molecule has 0 saturated carbocycles. The lowest BCUT2D eigenvalue weighted by Gasteiger charge is -2.24. The summed E-state index contributed by atoms with van der Waals surface area (Å²) in [5.74, 6) is -0.320. The van der Waals surface area contributed by atoms with E-state index in [0.29, 0.717) is 12.2 Å². The SMILES string of the molecule is CCCNC(=O)CN(c1ccc(C)c(C)c1)S(=O)(=O)c1ccccc1. The van der Waals surface area contributed by atoms with E-state index in [9.17, 15) is 13.2 Å². The summed E-state index contributed by atoms with van der Waals surface area (Å²) in [4.78, 5) is 12.4. The van der Waals surface area contributed by atoms with Gasteiger partial charge in [-0.05, 0) is 55.7 Å². The standard InChI is InChI=1S/C19H24N2O3S/c1-4-12-20-19(22)14-21(17-11-10-15(2)16(3)13-17)25(23,24)18-8-6-5-7-9-18/h5-11,13H,4,12,14H2,1-3H3,(H,20,22). The van der Waals surface area contributed by atoms with Gasteiger partial charge < -0.3 is 5.32 Å². The van der Waals surface area contributed by atoms with Crippen molar-refractivity contribution in [2.45, 2.75) is 32.1 Å². The van der Waals surface area contributed by atoms with E-state index in [1.54, 1.807) is 30.3 Å². The Labute approximate surface area is 149 Å². The molecule has 0 bridgehead atoms. The Kier molecular flexibility index (Phi) is 6.20. The Balaban J connectivity index is 2.44. The first-order chi connectivity index (χ1) is 11.9. The highest BCUT2D eigenvalue weighted by molar-refractivity contribution is 7.92. The average molecular weight is 360 g/mol. The van der Waals surface area contributed by atoms with E-state index < -0.39 is 10.0 Å². The van der Waals surface area contributed by atoms with Crippen molar-refractivity contribution in [2.24, 2.45) is 0 Å². The van der Waals surface area contributed by atoms with Crippen LogP contribution in [0.25, 0.3) is 0 Å². The molecule has 0 aliphatic heterocycles. The van der Waals surface area contributed by atoms with Crippen LogP contribution in [0.5, 0.6) is 0 Å². The van der Waals surface area contributed by atoms with E-state index in [0.717, 1.165) is 17.5 Å². The molecule has 0 heterocycles. The molecule has 1 amide bonds. The Morgan fingerprint density at radius 2 is 1.72 bits per heavy atom. The Morgan fingerprint density at radius 3 is 2.32 bits per heavy atom. The summed E-state index contributed by atoms with van der Waals surface area (Å²) in [6, 6.07) is 13.6. The van der Waals surface area contributed by atoms with Gasteiger partial charge in [-0.2, -0.15) is 0 Å². The normalized spacial score (nSPS) is 11.2. The molecule has 0 aliphatic carbocycles. The van der Waals surface area contributed by atoms with E-state index in [1.807, 2.05) is 26.8 Å². The van der Waals surface area contributed by atoms with Gasteiger partial charge in [-0.3, -0.25) is 9.10 Å². The minimum atomic E-state index is -3.83. The molecule has 0 atom stereocenters. The van der Waals surface area contributed by atoms with E-state index in [4.69, 9.17) is 0 Å². The molecule has 0 aromatic heterocycles. The highest BCUT2D eigenvalue weighted by Gasteiger charge is 2.27. The van der Waals surface area contributed by atoms with Crippen LogP contribution in [0.2, 0.25) is 0 Å². The van der Waals surface area contributed by atoms with Gasteiger partial charge in [-0.15, -0.1) is 0 Å². The third kappa shape index (κ3) is 4.60. The summed E-state index contributed by atoms with van der Waals surface area (Å²) < 4.78 is 27.3. The molecule has 0 unspecified atom stereocenters. The van der Waals surface area contributed by atoms with Gasteiger partial charge in [-0.1, -0.05) is 31.2 Å². The predicted octanol–water partition coefficient (Wildman–Crippen LogP) is 3.02. The maximum atomic E-state index is 13.1. The molecule has 2 aromatic rings. The summed E-state index contributed by atoms with van der Waals surface area (Å²) in [6.45, 7) is 6.10. The molecule has 6 heteroatoms. The maximum absolute atomic E-state index is 13.1. The van der Waals surface area contributed by atoms with Gasteiger partial charge in [0.1, 0.15) is 6.54 Å². The van der Waals surface area contributed by atoms with Crippen molar-refractivity contribution >= 4 is 21.6 Å². The molecule has 0 radical (unpaired) electrons. The molecule has 5 nitrogen and oxygen atoms in total. The van der Waals surface area contributed by atoms with Crippen LogP contribution in [0, 0.1) is 13.8 Å². The number of sulfonamides is 1. The summed E-state index contributed by atoms with van der Waals surface area (Å²) in [6.07, 6.45) is 0.792. The average Bonchev–Trinajstić information content (AvgIpc) is 2.61. The monoisotopic (exact) mass is 360 g/mol. The Hall–Kier alpha value is -2.34.